The zero-order valence-electron chi connectivity index (χ0n) is 20.7. The third-order valence-corrected chi connectivity index (χ3v) is 7.37. The van der Waals surface area contributed by atoms with Crippen molar-refractivity contribution in [3.63, 3.8) is 0 Å². The fourth-order valence-electron chi connectivity index (χ4n) is 5.28. The van der Waals surface area contributed by atoms with Gasteiger partial charge in [-0.1, -0.05) is 78.9 Å². The lowest BCUT2D eigenvalue weighted by Gasteiger charge is -2.28. The maximum absolute atomic E-state index is 12.7. The predicted molar refractivity (Wildman–Crippen MR) is 146 cm³/mol. The van der Waals surface area contributed by atoms with Gasteiger partial charge in [0.05, 0.1) is 6.42 Å². The first kappa shape index (κ1) is 24.5. The van der Waals surface area contributed by atoms with E-state index in [-0.39, 0.29) is 23.6 Å². The SMILES string of the molecule is O=C(Cc1cccc2ccccc12)NCC1CCC(C(=O)NNC(=O)c2cccc3ccccc23)CC1. The Balaban J connectivity index is 1.06. The number of hydrogen-bond donors (Lipinski definition) is 3. The molecule has 5 rings (SSSR count). The normalized spacial score (nSPS) is 17.3. The summed E-state index contributed by atoms with van der Waals surface area (Å²) in [5, 5.41) is 7.16. The van der Waals surface area contributed by atoms with Gasteiger partial charge in [0.15, 0.2) is 0 Å². The van der Waals surface area contributed by atoms with Gasteiger partial charge in [0.1, 0.15) is 0 Å². The van der Waals surface area contributed by atoms with Crippen molar-refractivity contribution in [2.75, 3.05) is 6.54 Å². The topological polar surface area (TPSA) is 87.3 Å². The van der Waals surface area contributed by atoms with Gasteiger partial charge < -0.3 is 5.32 Å². The molecule has 188 valence electrons. The quantitative estimate of drug-likeness (QED) is 0.333. The fraction of sp³-hybridized carbons (Fsp3) is 0.258. The van der Waals surface area contributed by atoms with Crippen LogP contribution in [0, 0.1) is 11.8 Å². The molecule has 1 saturated carbocycles. The summed E-state index contributed by atoms with van der Waals surface area (Å²) in [5.41, 5.74) is 6.75. The molecule has 4 aromatic carbocycles. The minimum Gasteiger partial charge on any atom is -0.356 e. The van der Waals surface area contributed by atoms with Gasteiger partial charge in [0.25, 0.3) is 5.91 Å². The number of rotatable bonds is 6. The summed E-state index contributed by atoms with van der Waals surface area (Å²) in [4.78, 5) is 38.0. The third kappa shape index (κ3) is 5.80. The van der Waals surface area contributed by atoms with Gasteiger partial charge in [0, 0.05) is 18.0 Å². The number of hydrogen-bond acceptors (Lipinski definition) is 3. The van der Waals surface area contributed by atoms with Crippen molar-refractivity contribution in [3.05, 3.63) is 96.1 Å². The molecular formula is C31H31N3O3. The van der Waals surface area contributed by atoms with E-state index in [1.165, 1.54) is 0 Å². The fourth-order valence-corrected chi connectivity index (χ4v) is 5.28. The number of nitrogens with one attached hydrogen (secondary N) is 3. The molecule has 1 fully saturated rings. The van der Waals surface area contributed by atoms with Gasteiger partial charge in [-0.05, 0) is 64.8 Å². The van der Waals surface area contributed by atoms with E-state index in [2.05, 4.69) is 34.4 Å². The molecule has 3 N–H and O–H groups in total. The van der Waals surface area contributed by atoms with Crippen molar-refractivity contribution >= 4 is 39.3 Å². The highest BCUT2D eigenvalue weighted by atomic mass is 16.2. The van der Waals surface area contributed by atoms with Crippen molar-refractivity contribution in [1.82, 2.24) is 16.2 Å². The Hall–Kier alpha value is -4.19. The predicted octanol–water partition coefficient (Wildman–Crippen LogP) is 4.92. The Morgan fingerprint density at radius 1 is 0.676 bits per heavy atom. The molecule has 0 atom stereocenters. The zero-order valence-corrected chi connectivity index (χ0v) is 20.7. The lowest BCUT2D eigenvalue weighted by atomic mass is 9.81. The minimum absolute atomic E-state index is 0.0207. The average Bonchev–Trinajstić information content (AvgIpc) is 2.95. The molecular weight excluding hydrogens is 462 g/mol. The van der Waals surface area contributed by atoms with Gasteiger partial charge >= 0.3 is 0 Å². The second-order valence-electron chi connectivity index (χ2n) is 9.81. The third-order valence-electron chi connectivity index (χ3n) is 7.37. The number of fused-ring (bicyclic) bond motifs is 2. The van der Waals surface area contributed by atoms with E-state index in [1.54, 1.807) is 6.07 Å². The van der Waals surface area contributed by atoms with Gasteiger partial charge in [0.2, 0.25) is 11.8 Å². The minimum atomic E-state index is -0.326. The van der Waals surface area contributed by atoms with Crippen LogP contribution in [0.2, 0.25) is 0 Å². The largest absolute Gasteiger partial charge is 0.356 e. The number of carbonyl (C=O) groups excluding carboxylic acids is 3. The highest BCUT2D eigenvalue weighted by molar-refractivity contribution is 6.07. The van der Waals surface area contributed by atoms with Crippen LogP contribution in [0.15, 0.2) is 84.9 Å². The van der Waals surface area contributed by atoms with E-state index in [0.717, 1.165) is 52.8 Å². The molecule has 0 bridgehead atoms. The Morgan fingerprint density at radius 3 is 2.05 bits per heavy atom. The molecule has 1 aliphatic carbocycles. The Morgan fingerprint density at radius 2 is 1.30 bits per heavy atom. The van der Waals surface area contributed by atoms with Gasteiger partial charge in [-0.15, -0.1) is 0 Å². The van der Waals surface area contributed by atoms with E-state index in [4.69, 9.17) is 0 Å². The maximum Gasteiger partial charge on any atom is 0.270 e. The monoisotopic (exact) mass is 493 g/mol. The summed E-state index contributed by atoms with van der Waals surface area (Å²) in [7, 11) is 0. The second-order valence-corrected chi connectivity index (χ2v) is 9.81. The van der Waals surface area contributed by atoms with Crippen LogP contribution in [0.5, 0.6) is 0 Å². The molecule has 0 unspecified atom stereocenters. The average molecular weight is 494 g/mol. The smallest absolute Gasteiger partial charge is 0.270 e. The summed E-state index contributed by atoms with van der Waals surface area (Å²) in [6.07, 6.45) is 3.56. The Kier molecular flexibility index (Phi) is 7.45. The molecule has 6 heteroatoms. The van der Waals surface area contributed by atoms with Crippen molar-refractivity contribution in [2.24, 2.45) is 11.8 Å². The molecule has 37 heavy (non-hydrogen) atoms. The highest BCUT2D eigenvalue weighted by Gasteiger charge is 2.27. The van der Waals surface area contributed by atoms with E-state index < -0.39 is 0 Å². The summed E-state index contributed by atoms with van der Waals surface area (Å²) in [6.45, 7) is 0.621. The number of benzene rings is 4. The first-order valence-corrected chi connectivity index (χ1v) is 12.9. The maximum atomic E-state index is 12.7. The lowest BCUT2D eigenvalue weighted by molar-refractivity contribution is -0.127. The molecule has 0 radical (unpaired) electrons. The van der Waals surface area contributed by atoms with Gasteiger partial charge in [-0.3, -0.25) is 25.2 Å². The summed E-state index contributed by atoms with van der Waals surface area (Å²) >= 11 is 0. The Labute approximate surface area is 216 Å². The van der Waals surface area contributed by atoms with Crippen molar-refractivity contribution in [2.45, 2.75) is 32.1 Å². The first-order chi connectivity index (χ1) is 18.1. The van der Waals surface area contributed by atoms with Crippen LogP contribution < -0.4 is 16.2 Å². The summed E-state index contributed by atoms with van der Waals surface area (Å²) < 4.78 is 0. The van der Waals surface area contributed by atoms with Crippen LogP contribution in [0.4, 0.5) is 0 Å². The van der Waals surface area contributed by atoms with E-state index in [0.29, 0.717) is 24.4 Å². The van der Waals surface area contributed by atoms with Gasteiger partial charge in [-0.2, -0.15) is 0 Å². The van der Waals surface area contributed by atoms with Crippen LogP contribution in [-0.2, 0) is 16.0 Å². The highest BCUT2D eigenvalue weighted by Crippen LogP contribution is 2.28. The first-order valence-electron chi connectivity index (χ1n) is 12.9. The molecule has 1 aliphatic rings. The van der Waals surface area contributed by atoms with Crippen LogP contribution in [0.1, 0.15) is 41.6 Å². The molecule has 4 aromatic rings. The van der Waals surface area contributed by atoms with Crippen molar-refractivity contribution < 1.29 is 14.4 Å². The van der Waals surface area contributed by atoms with Crippen LogP contribution >= 0.6 is 0 Å². The molecule has 0 aliphatic heterocycles. The van der Waals surface area contributed by atoms with Crippen molar-refractivity contribution in [1.29, 1.82) is 0 Å². The molecule has 0 heterocycles. The number of hydrazine groups is 1. The Bertz CT molecular complexity index is 1430. The standard InChI is InChI=1S/C31H31N3O3/c35-29(19-25-11-5-9-22-7-1-3-12-26(22)25)32-20-21-15-17-24(18-16-21)30(36)33-34-31(37)28-14-6-10-23-8-2-4-13-27(23)28/h1-14,21,24H,15-20H2,(H,32,35)(H,33,36)(H,34,37). The molecule has 6 nitrogen and oxygen atoms in total. The second kappa shape index (κ2) is 11.2. The van der Waals surface area contributed by atoms with Crippen LogP contribution in [-0.4, -0.2) is 24.3 Å². The van der Waals surface area contributed by atoms with Crippen LogP contribution in [0.25, 0.3) is 21.5 Å². The summed E-state index contributed by atoms with van der Waals surface area (Å²) in [6, 6.07) is 27.4. The van der Waals surface area contributed by atoms with E-state index >= 15 is 0 Å². The van der Waals surface area contributed by atoms with Crippen LogP contribution in [0.3, 0.4) is 0 Å². The van der Waals surface area contributed by atoms with Crippen molar-refractivity contribution in [3.8, 4) is 0 Å². The molecule has 3 amide bonds. The lowest BCUT2D eigenvalue weighted by Crippen LogP contribution is -2.45. The van der Waals surface area contributed by atoms with Gasteiger partial charge in [-0.25, -0.2) is 0 Å². The zero-order chi connectivity index (χ0) is 25.6. The summed E-state index contributed by atoms with van der Waals surface area (Å²) in [5.74, 6) is -0.256. The van der Waals surface area contributed by atoms with E-state index in [1.807, 2.05) is 60.7 Å². The molecule has 0 saturated heterocycles. The number of amides is 3. The molecule has 0 aromatic heterocycles. The molecule has 0 spiro atoms. The van der Waals surface area contributed by atoms with E-state index in [9.17, 15) is 14.4 Å². The number of carbonyl (C=O) groups is 3.